The molecule has 14 heteroatoms. The highest BCUT2D eigenvalue weighted by Gasteiger charge is 2.54. The van der Waals surface area contributed by atoms with Crippen LogP contribution < -0.4 is 10.6 Å². The Hall–Kier alpha value is -2.75. The molecule has 2 saturated carbocycles. The molecule has 3 heterocycles. The Labute approximate surface area is 283 Å². The summed E-state index contributed by atoms with van der Waals surface area (Å²) in [5.74, 6) is -1.22. The van der Waals surface area contributed by atoms with Crippen LogP contribution in [0.15, 0.2) is 41.3 Å². The lowest BCUT2D eigenvalue weighted by Crippen LogP contribution is -2.51. The number of anilines is 1. The summed E-state index contributed by atoms with van der Waals surface area (Å²) >= 11 is 1.39. The number of benzene rings is 2. The van der Waals surface area contributed by atoms with Gasteiger partial charge in [0.15, 0.2) is 11.4 Å². The van der Waals surface area contributed by atoms with E-state index in [1.807, 2.05) is 13.8 Å². The molecule has 260 valence electrons. The minimum absolute atomic E-state index is 0.0476. The van der Waals surface area contributed by atoms with Crippen molar-refractivity contribution in [1.29, 1.82) is 0 Å². The molecule has 7 atom stereocenters. The number of rotatable bonds is 14. The zero-order valence-electron chi connectivity index (χ0n) is 27.0. The third kappa shape index (κ3) is 7.24. The van der Waals surface area contributed by atoms with E-state index >= 15 is 0 Å². The molecular formula is C34H42F2N4O6S2. The van der Waals surface area contributed by atoms with Crippen molar-refractivity contribution < 1.29 is 36.6 Å². The molecule has 48 heavy (non-hydrogen) atoms. The molecule has 1 aromatic heterocycles. The largest absolute Gasteiger partial charge is 0.390 e. The van der Waals surface area contributed by atoms with Gasteiger partial charge in [-0.3, -0.25) is 4.79 Å². The molecule has 1 amide bonds. The van der Waals surface area contributed by atoms with Gasteiger partial charge in [-0.2, -0.15) is 4.31 Å². The van der Waals surface area contributed by atoms with Crippen molar-refractivity contribution in [3.8, 4) is 0 Å². The topological polar surface area (TPSA) is 130 Å². The number of halogens is 2. The van der Waals surface area contributed by atoms with Gasteiger partial charge < -0.3 is 25.2 Å². The van der Waals surface area contributed by atoms with E-state index < -0.39 is 33.8 Å². The van der Waals surface area contributed by atoms with Gasteiger partial charge in [0, 0.05) is 37.5 Å². The van der Waals surface area contributed by atoms with Gasteiger partial charge in [0.2, 0.25) is 15.9 Å². The summed E-state index contributed by atoms with van der Waals surface area (Å²) in [5, 5.41) is 18.7. The summed E-state index contributed by atoms with van der Waals surface area (Å²) in [5.41, 5.74) is 0.929. The van der Waals surface area contributed by atoms with E-state index in [1.54, 1.807) is 12.1 Å². The SMILES string of the molecule is CC(C)CN(C[C@@H](O)[C@H](Cc1cc(F)cc(F)c1)NC(=O)C[C@H]1C2CO[C@H]3OCC1C3C2)S(=O)(=O)c1ccc2nc(NC3CC3)sc2c1. The highest BCUT2D eigenvalue weighted by molar-refractivity contribution is 7.89. The van der Waals surface area contributed by atoms with E-state index in [1.165, 1.54) is 21.7 Å². The van der Waals surface area contributed by atoms with Crippen LogP contribution in [0.3, 0.4) is 0 Å². The number of carbonyl (C=O) groups is 1. The van der Waals surface area contributed by atoms with Gasteiger partial charge in [0.05, 0.1) is 40.5 Å². The van der Waals surface area contributed by atoms with Gasteiger partial charge in [-0.05, 0) is 85.3 Å². The summed E-state index contributed by atoms with van der Waals surface area (Å²) in [6, 6.07) is 7.26. The van der Waals surface area contributed by atoms with E-state index in [9.17, 15) is 27.1 Å². The first-order valence-corrected chi connectivity index (χ1v) is 19.0. The average Bonchev–Trinajstić information content (AvgIpc) is 3.47. The number of nitrogens with one attached hydrogen (secondary N) is 2. The Morgan fingerprint density at radius 2 is 1.83 bits per heavy atom. The molecule has 2 aliphatic carbocycles. The Morgan fingerprint density at radius 3 is 2.56 bits per heavy atom. The number of aromatic nitrogens is 1. The minimum Gasteiger partial charge on any atom is -0.390 e. The first kappa shape index (κ1) is 33.7. The van der Waals surface area contributed by atoms with Gasteiger partial charge in [-0.15, -0.1) is 0 Å². The second-order valence-electron chi connectivity index (χ2n) is 14.2. The van der Waals surface area contributed by atoms with E-state index in [2.05, 4.69) is 15.6 Å². The molecule has 3 aromatic rings. The predicted octanol–water partition coefficient (Wildman–Crippen LogP) is 4.53. The summed E-state index contributed by atoms with van der Waals surface area (Å²) in [6.45, 7) is 4.59. The number of aliphatic hydroxyl groups is 1. The van der Waals surface area contributed by atoms with Crippen molar-refractivity contribution in [2.45, 2.75) is 75.3 Å². The van der Waals surface area contributed by atoms with Crippen molar-refractivity contribution in [3.05, 3.63) is 53.6 Å². The van der Waals surface area contributed by atoms with Gasteiger partial charge in [-0.1, -0.05) is 25.2 Å². The number of ether oxygens (including phenoxy) is 2. The van der Waals surface area contributed by atoms with Crippen LogP contribution in [0.4, 0.5) is 13.9 Å². The van der Waals surface area contributed by atoms with Crippen LogP contribution in [0, 0.1) is 41.2 Å². The van der Waals surface area contributed by atoms with E-state index in [0.717, 1.165) is 47.3 Å². The Morgan fingerprint density at radius 1 is 1.08 bits per heavy atom. The molecule has 0 radical (unpaired) electrons. The maximum Gasteiger partial charge on any atom is 0.243 e. The Balaban J connectivity index is 1.11. The molecule has 2 aromatic carbocycles. The zero-order valence-corrected chi connectivity index (χ0v) is 28.6. The first-order chi connectivity index (χ1) is 22.9. The molecular weight excluding hydrogens is 663 g/mol. The normalized spacial score (nSPS) is 26.4. The number of amides is 1. The fourth-order valence-corrected chi connectivity index (χ4v) is 10.3. The monoisotopic (exact) mass is 704 g/mol. The minimum atomic E-state index is -4.10. The molecule has 0 spiro atoms. The number of nitrogens with zero attached hydrogens (tertiary/aromatic N) is 2. The molecule has 4 fully saturated rings. The number of sulfonamides is 1. The molecule has 2 saturated heterocycles. The molecule has 7 rings (SSSR count). The molecule has 10 nitrogen and oxygen atoms in total. The lowest BCUT2D eigenvalue weighted by atomic mass is 9.86. The third-order valence-corrected chi connectivity index (χ3v) is 12.8. The quantitative estimate of drug-likeness (QED) is 0.223. The molecule has 2 aliphatic heterocycles. The fraction of sp³-hybridized carbons (Fsp3) is 0.588. The number of hydrogen-bond acceptors (Lipinski definition) is 9. The second-order valence-corrected chi connectivity index (χ2v) is 17.2. The fourth-order valence-electron chi connectivity index (χ4n) is 7.59. The standard InChI is InChI=1S/C34H42F2N4O6S2/c1-18(2)14-40(48(43,44)24-5-6-28-31(12-24)47-34(39-28)37-23-3-4-23)15-30(41)29(9-19-7-21(35)11-22(36)8-19)38-32(42)13-25-20-10-26-27(25)17-46-33(26)45-16-20/h5-8,11-12,18,20,23,25-27,29-30,33,41H,3-4,9-10,13-17H2,1-2H3,(H,37,39)(H,38,42)/t20?,25-,26?,27?,29-,30+,33-/m0/s1. The summed E-state index contributed by atoms with van der Waals surface area (Å²) in [6.07, 6.45) is 1.59. The van der Waals surface area contributed by atoms with Crippen molar-refractivity contribution in [1.82, 2.24) is 14.6 Å². The van der Waals surface area contributed by atoms with Crippen LogP contribution in [0.5, 0.6) is 0 Å². The molecule has 3 N–H and O–H groups in total. The van der Waals surface area contributed by atoms with Gasteiger partial charge in [0.1, 0.15) is 11.6 Å². The van der Waals surface area contributed by atoms with E-state index in [-0.39, 0.29) is 78.2 Å². The number of carbonyl (C=O) groups excluding carboxylic acids is 1. The van der Waals surface area contributed by atoms with E-state index in [0.29, 0.717) is 24.8 Å². The molecule has 3 unspecified atom stereocenters. The lowest BCUT2D eigenvalue weighted by Gasteiger charge is -2.31. The number of hydrogen-bond donors (Lipinski definition) is 3. The van der Waals surface area contributed by atoms with Crippen LogP contribution in [0.25, 0.3) is 10.2 Å². The Kier molecular flexibility index (Phi) is 9.50. The molecule has 4 aliphatic rings. The van der Waals surface area contributed by atoms with Crippen LogP contribution in [0.1, 0.15) is 45.1 Å². The van der Waals surface area contributed by atoms with Crippen molar-refractivity contribution in [2.75, 3.05) is 31.6 Å². The van der Waals surface area contributed by atoms with E-state index in [4.69, 9.17) is 9.47 Å². The Bertz CT molecular complexity index is 1750. The van der Waals surface area contributed by atoms with Gasteiger partial charge in [0.25, 0.3) is 0 Å². The highest BCUT2D eigenvalue weighted by Crippen LogP contribution is 2.52. The number of thiazole rings is 1. The van der Waals surface area contributed by atoms with Gasteiger partial charge in [-0.25, -0.2) is 22.2 Å². The first-order valence-electron chi connectivity index (χ1n) is 16.8. The smallest absolute Gasteiger partial charge is 0.243 e. The van der Waals surface area contributed by atoms with Crippen molar-refractivity contribution >= 4 is 42.6 Å². The summed E-state index contributed by atoms with van der Waals surface area (Å²) in [7, 11) is -4.10. The van der Waals surface area contributed by atoms with Gasteiger partial charge >= 0.3 is 0 Å². The van der Waals surface area contributed by atoms with Crippen LogP contribution >= 0.6 is 11.3 Å². The highest BCUT2D eigenvalue weighted by atomic mass is 32.2. The second kappa shape index (κ2) is 13.5. The predicted molar refractivity (Wildman–Crippen MR) is 177 cm³/mol. The summed E-state index contributed by atoms with van der Waals surface area (Å²) < 4.78 is 70.2. The maximum atomic E-state index is 14.2. The van der Waals surface area contributed by atoms with Crippen LogP contribution in [-0.4, -0.2) is 79.5 Å². The van der Waals surface area contributed by atoms with Crippen LogP contribution in [0.2, 0.25) is 0 Å². The van der Waals surface area contributed by atoms with Crippen LogP contribution in [-0.2, 0) is 30.7 Å². The lowest BCUT2D eigenvalue weighted by molar-refractivity contribution is -0.165. The van der Waals surface area contributed by atoms with Crippen molar-refractivity contribution in [2.24, 2.45) is 29.6 Å². The zero-order chi connectivity index (χ0) is 33.7. The maximum absolute atomic E-state index is 14.2. The average molecular weight is 705 g/mol. The third-order valence-electron chi connectivity index (χ3n) is 10.0. The summed E-state index contributed by atoms with van der Waals surface area (Å²) in [4.78, 5) is 18.2. The van der Waals surface area contributed by atoms with Crippen molar-refractivity contribution in [3.63, 3.8) is 0 Å². The number of fused-ring (bicyclic) bond motifs is 2. The number of aliphatic hydroxyl groups excluding tert-OH is 1. The molecule has 2 bridgehead atoms.